The van der Waals surface area contributed by atoms with Gasteiger partial charge in [0.2, 0.25) is 5.91 Å². The molecule has 0 radical (unpaired) electrons. The van der Waals surface area contributed by atoms with Gasteiger partial charge >= 0.3 is 0 Å². The van der Waals surface area contributed by atoms with E-state index in [1.165, 1.54) is 12.8 Å². The molecule has 2 heterocycles. The Bertz CT molecular complexity index is 671. The highest BCUT2D eigenvalue weighted by Gasteiger charge is 2.16. The number of nitrogens with one attached hydrogen (secondary N) is 1. The van der Waals surface area contributed by atoms with Crippen LogP contribution in [0.3, 0.4) is 0 Å². The normalized spacial score (nSPS) is 14.4. The summed E-state index contributed by atoms with van der Waals surface area (Å²) in [4.78, 5) is 14.7. The summed E-state index contributed by atoms with van der Waals surface area (Å²) < 4.78 is 1.74. The van der Waals surface area contributed by atoms with Gasteiger partial charge in [-0.3, -0.25) is 9.48 Å². The fraction of sp³-hybridized carbons (Fsp3) is 0.412. The summed E-state index contributed by atoms with van der Waals surface area (Å²) in [5.74, 6) is -0.0437. The van der Waals surface area contributed by atoms with Gasteiger partial charge in [-0.05, 0) is 44.9 Å². The van der Waals surface area contributed by atoms with Gasteiger partial charge in [0.25, 0.3) is 0 Å². The van der Waals surface area contributed by atoms with Gasteiger partial charge in [0.15, 0.2) is 0 Å². The number of nitrogens with zero attached hydrogens (tertiary/aromatic N) is 3. The minimum Gasteiger partial charge on any atom is -0.370 e. The number of aromatic nitrogens is 2. The minimum atomic E-state index is -0.0437. The van der Waals surface area contributed by atoms with Crippen molar-refractivity contribution in [1.82, 2.24) is 9.78 Å². The number of carbonyl (C=O) groups is 1. The molecule has 1 aromatic heterocycles. The summed E-state index contributed by atoms with van der Waals surface area (Å²) in [6, 6.07) is 9.99. The predicted octanol–water partition coefficient (Wildman–Crippen LogP) is 2.74. The van der Waals surface area contributed by atoms with Crippen LogP contribution in [0.2, 0.25) is 0 Å². The molecule has 1 N–H and O–H groups in total. The lowest BCUT2D eigenvalue weighted by molar-refractivity contribution is -0.116. The predicted molar refractivity (Wildman–Crippen MR) is 88.2 cm³/mol. The van der Waals surface area contributed by atoms with Gasteiger partial charge in [-0.15, -0.1) is 0 Å². The number of para-hydroxylation sites is 2. The third-order valence-electron chi connectivity index (χ3n) is 4.02. The molecule has 1 aliphatic rings. The molecule has 0 aliphatic carbocycles. The van der Waals surface area contributed by atoms with Gasteiger partial charge in [-0.25, -0.2) is 0 Å². The van der Waals surface area contributed by atoms with Crippen molar-refractivity contribution in [2.45, 2.75) is 33.2 Å². The van der Waals surface area contributed by atoms with E-state index in [4.69, 9.17) is 0 Å². The maximum atomic E-state index is 12.3. The van der Waals surface area contributed by atoms with E-state index < -0.39 is 0 Å². The van der Waals surface area contributed by atoms with Gasteiger partial charge in [0, 0.05) is 18.8 Å². The molecule has 22 heavy (non-hydrogen) atoms. The van der Waals surface area contributed by atoms with Crippen molar-refractivity contribution in [2.75, 3.05) is 23.3 Å². The first kappa shape index (κ1) is 14.6. The monoisotopic (exact) mass is 298 g/mol. The van der Waals surface area contributed by atoms with E-state index in [-0.39, 0.29) is 12.5 Å². The lowest BCUT2D eigenvalue weighted by atomic mass is 10.2. The molecule has 116 valence electrons. The van der Waals surface area contributed by atoms with Crippen LogP contribution in [0.1, 0.15) is 24.2 Å². The molecule has 0 unspecified atom stereocenters. The van der Waals surface area contributed by atoms with Crippen LogP contribution in [0.4, 0.5) is 11.4 Å². The van der Waals surface area contributed by atoms with Crippen molar-refractivity contribution in [1.29, 1.82) is 0 Å². The number of amides is 1. The quantitative estimate of drug-likeness (QED) is 0.944. The maximum absolute atomic E-state index is 12.3. The molecule has 1 amide bonds. The Morgan fingerprint density at radius 2 is 1.95 bits per heavy atom. The molecule has 1 aliphatic heterocycles. The highest BCUT2D eigenvalue weighted by molar-refractivity contribution is 5.94. The summed E-state index contributed by atoms with van der Waals surface area (Å²) in [5, 5.41) is 7.37. The highest BCUT2D eigenvalue weighted by atomic mass is 16.2. The van der Waals surface area contributed by atoms with E-state index in [0.717, 1.165) is 35.9 Å². The number of carbonyl (C=O) groups excluding carboxylic acids is 1. The Kier molecular flexibility index (Phi) is 4.13. The van der Waals surface area contributed by atoms with E-state index in [1.807, 2.05) is 38.1 Å². The average molecular weight is 298 g/mol. The second kappa shape index (κ2) is 6.22. The van der Waals surface area contributed by atoms with Gasteiger partial charge in [0.1, 0.15) is 6.54 Å². The molecule has 3 rings (SSSR count). The fourth-order valence-electron chi connectivity index (χ4n) is 2.97. The maximum Gasteiger partial charge on any atom is 0.246 e. The minimum absolute atomic E-state index is 0.0437. The van der Waals surface area contributed by atoms with Crippen molar-refractivity contribution in [3.63, 3.8) is 0 Å². The Morgan fingerprint density at radius 1 is 1.23 bits per heavy atom. The third-order valence-corrected chi connectivity index (χ3v) is 4.02. The first-order chi connectivity index (χ1) is 10.6. The van der Waals surface area contributed by atoms with Crippen LogP contribution in [0.5, 0.6) is 0 Å². The number of anilines is 2. The van der Waals surface area contributed by atoms with Gasteiger partial charge in [-0.1, -0.05) is 12.1 Å². The van der Waals surface area contributed by atoms with Gasteiger partial charge in [-0.2, -0.15) is 5.10 Å². The zero-order valence-electron chi connectivity index (χ0n) is 13.2. The first-order valence-electron chi connectivity index (χ1n) is 7.78. The summed E-state index contributed by atoms with van der Waals surface area (Å²) in [7, 11) is 0. The van der Waals surface area contributed by atoms with Crippen LogP contribution < -0.4 is 10.2 Å². The zero-order valence-corrected chi connectivity index (χ0v) is 13.2. The summed E-state index contributed by atoms with van der Waals surface area (Å²) in [6.07, 6.45) is 2.43. The SMILES string of the molecule is Cc1cc(C)n(CC(=O)Nc2ccccc2N2CCCC2)n1. The largest absolute Gasteiger partial charge is 0.370 e. The lowest BCUT2D eigenvalue weighted by Gasteiger charge is -2.21. The van der Waals surface area contributed by atoms with Crippen LogP contribution in [0, 0.1) is 13.8 Å². The molecular formula is C17H22N4O. The smallest absolute Gasteiger partial charge is 0.246 e. The van der Waals surface area contributed by atoms with E-state index in [9.17, 15) is 4.79 Å². The highest BCUT2D eigenvalue weighted by Crippen LogP contribution is 2.28. The van der Waals surface area contributed by atoms with E-state index in [0.29, 0.717) is 0 Å². The topological polar surface area (TPSA) is 50.2 Å². The number of benzene rings is 1. The van der Waals surface area contributed by atoms with Crippen LogP contribution in [0.25, 0.3) is 0 Å². The average Bonchev–Trinajstić information content (AvgIpc) is 3.10. The lowest BCUT2D eigenvalue weighted by Crippen LogP contribution is -2.23. The number of rotatable bonds is 4. The molecule has 0 bridgehead atoms. The fourth-order valence-corrected chi connectivity index (χ4v) is 2.97. The molecule has 0 atom stereocenters. The second-order valence-corrected chi connectivity index (χ2v) is 5.84. The van der Waals surface area contributed by atoms with E-state index >= 15 is 0 Å². The van der Waals surface area contributed by atoms with Crippen molar-refractivity contribution in [2.24, 2.45) is 0 Å². The second-order valence-electron chi connectivity index (χ2n) is 5.84. The molecule has 1 saturated heterocycles. The molecule has 0 spiro atoms. The Balaban J connectivity index is 1.72. The van der Waals surface area contributed by atoms with E-state index in [1.54, 1.807) is 4.68 Å². The summed E-state index contributed by atoms with van der Waals surface area (Å²) >= 11 is 0. The summed E-state index contributed by atoms with van der Waals surface area (Å²) in [5.41, 5.74) is 3.93. The first-order valence-corrected chi connectivity index (χ1v) is 7.78. The Labute approximate surface area is 130 Å². The molecule has 1 fully saturated rings. The molecule has 1 aromatic carbocycles. The number of aryl methyl sites for hydroxylation is 2. The molecule has 2 aromatic rings. The van der Waals surface area contributed by atoms with Gasteiger partial charge < -0.3 is 10.2 Å². The van der Waals surface area contributed by atoms with Crippen molar-refractivity contribution < 1.29 is 4.79 Å². The number of hydrogen-bond donors (Lipinski definition) is 1. The van der Waals surface area contributed by atoms with Gasteiger partial charge in [0.05, 0.1) is 17.1 Å². The van der Waals surface area contributed by atoms with Crippen LogP contribution in [-0.4, -0.2) is 28.8 Å². The number of hydrogen-bond acceptors (Lipinski definition) is 3. The van der Waals surface area contributed by atoms with Crippen LogP contribution in [0.15, 0.2) is 30.3 Å². The van der Waals surface area contributed by atoms with Crippen molar-refractivity contribution in [3.05, 3.63) is 41.7 Å². The van der Waals surface area contributed by atoms with Crippen molar-refractivity contribution >= 4 is 17.3 Å². The zero-order chi connectivity index (χ0) is 15.5. The molecule has 5 heteroatoms. The standard InChI is InChI=1S/C17H22N4O/c1-13-11-14(2)21(19-13)12-17(22)18-15-7-3-4-8-16(15)20-9-5-6-10-20/h3-4,7-8,11H,5-6,9-10,12H2,1-2H3,(H,18,22). The summed E-state index contributed by atoms with van der Waals surface area (Å²) in [6.45, 7) is 6.26. The molecular weight excluding hydrogens is 276 g/mol. The third kappa shape index (κ3) is 3.13. The van der Waals surface area contributed by atoms with Crippen LogP contribution >= 0.6 is 0 Å². The van der Waals surface area contributed by atoms with Crippen molar-refractivity contribution in [3.8, 4) is 0 Å². The van der Waals surface area contributed by atoms with Crippen LogP contribution in [-0.2, 0) is 11.3 Å². The molecule has 5 nitrogen and oxygen atoms in total. The Hall–Kier alpha value is -2.30. The molecule has 0 saturated carbocycles. The van der Waals surface area contributed by atoms with E-state index in [2.05, 4.69) is 21.4 Å². The Morgan fingerprint density at radius 3 is 2.64 bits per heavy atom.